The van der Waals surface area contributed by atoms with Gasteiger partial charge in [0.05, 0.1) is 49.2 Å². The maximum Gasteiger partial charge on any atom is 0.291 e. The molecule has 2 amide bonds. The predicted octanol–water partition coefficient (Wildman–Crippen LogP) is 8.09. The zero-order valence-electron chi connectivity index (χ0n) is 35.1. The number of fused-ring (bicyclic) bond motifs is 2. The van der Waals surface area contributed by atoms with E-state index in [1.165, 1.54) is 37.5 Å². The largest absolute Gasteiger partial charge is 0.493 e. The molecule has 0 saturated carbocycles. The van der Waals surface area contributed by atoms with E-state index in [-0.39, 0.29) is 45.6 Å². The van der Waals surface area contributed by atoms with Crippen LogP contribution in [0.5, 0.6) is 17.2 Å². The highest BCUT2D eigenvalue weighted by atomic mass is 16.5. The summed E-state index contributed by atoms with van der Waals surface area (Å²) in [6.45, 7) is 7.00. The van der Waals surface area contributed by atoms with Crippen molar-refractivity contribution in [3.05, 3.63) is 147 Å². The summed E-state index contributed by atoms with van der Waals surface area (Å²) in [4.78, 5) is 47.0. The Morgan fingerprint density at radius 2 is 1.57 bits per heavy atom. The summed E-state index contributed by atoms with van der Waals surface area (Å²) in [7, 11) is 6.52. The summed E-state index contributed by atoms with van der Waals surface area (Å²) < 4.78 is 29.7. The number of carbonyl (C=O) groups is 2. The van der Waals surface area contributed by atoms with Crippen molar-refractivity contribution in [2.45, 2.75) is 39.4 Å². The first-order valence-corrected chi connectivity index (χ1v) is 19.9. The van der Waals surface area contributed by atoms with Gasteiger partial charge in [-0.3, -0.25) is 24.3 Å². The zero-order chi connectivity index (χ0) is 43.0. The second-order valence-corrected chi connectivity index (χ2v) is 14.9. The lowest BCUT2D eigenvalue weighted by Crippen LogP contribution is -2.25. The van der Waals surface area contributed by atoms with Crippen molar-refractivity contribution in [2.75, 3.05) is 58.8 Å². The monoisotopic (exact) mass is 825 g/mol. The van der Waals surface area contributed by atoms with Gasteiger partial charge < -0.3 is 34.0 Å². The summed E-state index contributed by atoms with van der Waals surface area (Å²) in [6.07, 6.45) is 4.31. The van der Waals surface area contributed by atoms with Crippen LogP contribution in [0.3, 0.4) is 0 Å². The number of rotatable bonds is 17. The molecule has 314 valence electrons. The van der Waals surface area contributed by atoms with Crippen molar-refractivity contribution in [1.29, 1.82) is 0 Å². The first-order chi connectivity index (χ1) is 29.5. The highest BCUT2D eigenvalue weighted by molar-refractivity contribution is 6.12. The molecule has 14 nitrogen and oxygen atoms in total. The van der Waals surface area contributed by atoms with E-state index in [1.54, 1.807) is 31.5 Å². The number of amides is 2. The van der Waals surface area contributed by atoms with Crippen molar-refractivity contribution in [2.24, 2.45) is 5.11 Å². The third kappa shape index (κ3) is 10.1. The standard InChI is InChI=1S/C47H48N6O8/c1-29-7-14-42-38(19-29)41(54)24-45(61-42)47(56)50-39-23-44(59-6)43(58-5)22-37(39)46(55)49-34-11-8-31(9-12-34)15-16-53(28-33-20-35(26-48-25-33)60-18-17-57-4)27-32-10-13-40-36(21-32)30(2)51-52(40)3/h7-14,19-26,30H,15-18,27-28H2,1-6H3,(H-,49,50,55,56)/p+1. The van der Waals surface area contributed by atoms with Gasteiger partial charge in [0.1, 0.15) is 24.0 Å². The average molecular weight is 826 g/mol. The molecule has 7 rings (SSSR count). The predicted molar refractivity (Wildman–Crippen MR) is 232 cm³/mol. The van der Waals surface area contributed by atoms with Gasteiger partial charge in [-0.15, -0.1) is 0 Å². The number of nitrogens with one attached hydrogen (secondary N) is 2. The SMILES string of the molecule is COCCOc1cncc(CN(CCc2ccc(NC(=O)c3cc(OC)c(OC)cc3NC(=O)c3cc(=O)c4cc(C)ccc4o3)cc2)Cc2ccc3c(c2)C(C)N=[N+]3C)c1. The Labute approximate surface area is 353 Å². The minimum absolute atomic E-state index is 0.0959. The molecule has 4 aromatic carbocycles. The summed E-state index contributed by atoms with van der Waals surface area (Å²) in [5, 5.41) is 10.7. The van der Waals surface area contributed by atoms with Gasteiger partial charge in [0.15, 0.2) is 29.7 Å². The number of aryl methyl sites for hydroxylation is 1. The lowest BCUT2D eigenvalue weighted by Gasteiger charge is -2.23. The molecule has 0 bridgehead atoms. The number of carbonyl (C=O) groups excluding carboxylic acids is 2. The van der Waals surface area contributed by atoms with Crippen molar-refractivity contribution in [3.63, 3.8) is 0 Å². The summed E-state index contributed by atoms with van der Waals surface area (Å²) in [6, 6.07) is 25.5. The van der Waals surface area contributed by atoms with Crippen molar-refractivity contribution in [3.8, 4) is 17.2 Å². The highest BCUT2D eigenvalue weighted by Crippen LogP contribution is 2.36. The maximum atomic E-state index is 13.9. The molecule has 0 spiro atoms. The van der Waals surface area contributed by atoms with Gasteiger partial charge in [0.2, 0.25) is 5.69 Å². The number of azo groups is 2. The van der Waals surface area contributed by atoms with Gasteiger partial charge in [-0.05, 0) is 84.5 Å². The minimum Gasteiger partial charge on any atom is -0.493 e. The molecule has 6 aromatic rings. The number of ether oxygens (including phenoxy) is 4. The van der Waals surface area contributed by atoms with Crippen LogP contribution < -0.4 is 30.3 Å². The van der Waals surface area contributed by atoms with Gasteiger partial charge in [-0.1, -0.05) is 34.5 Å². The third-order valence-corrected chi connectivity index (χ3v) is 10.4. The van der Waals surface area contributed by atoms with E-state index in [9.17, 15) is 14.4 Å². The van der Waals surface area contributed by atoms with Crippen LogP contribution >= 0.6 is 0 Å². The van der Waals surface area contributed by atoms with Crippen LogP contribution in [-0.4, -0.2) is 74.5 Å². The second kappa shape index (κ2) is 19.0. The molecule has 0 saturated heterocycles. The van der Waals surface area contributed by atoms with Crippen LogP contribution in [-0.2, 0) is 24.2 Å². The van der Waals surface area contributed by atoms with Crippen LogP contribution in [0.1, 0.15) is 61.7 Å². The van der Waals surface area contributed by atoms with Gasteiger partial charge >= 0.3 is 0 Å². The quantitative estimate of drug-likeness (QED) is 0.0681. The molecule has 1 unspecified atom stereocenters. The highest BCUT2D eigenvalue weighted by Gasteiger charge is 2.27. The second-order valence-electron chi connectivity index (χ2n) is 14.9. The smallest absolute Gasteiger partial charge is 0.291 e. The Balaban J connectivity index is 1.06. The molecular weight excluding hydrogens is 777 g/mol. The lowest BCUT2D eigenvalue weighted by molar-refractivity contribution is -0.477. The Bertz CT molecular complexity index is 2660. The van der Waals surface area contributed by atoms with Crippen molar-refractivity contribution >= 4 is 39.8 Å². The molecule has 2 aromatic heterocycles. The van der Waals surface area contributed by atoms with E-state index in [2.05, 4.69) is 50.8 Å². The average Bonchev–Trinajstić information content (AvgIpc) is 3.54. The molecule has 61 heavy (non-hydrogen) atoms. The van der Waals surface area contributed by atoms with E-state index in [0.29, 0.717) is 43.1 Å². The summed E-state index contributed by atoms with van der Waals surface area (Å²) in [5.41, 5.74) is 7.21. The van der Waals surface area contributed by atoms with Gasteiger partial charge in [-0.2, -0.15) is 0 Å². The fraction of sp³-hybridized carbons (Fsp3) is 0.277. The van der Waals surface area contributed by atoms with Crippen LogP contribution in [0.25, 0.3) is 11.0 Å². The fourth-order valence-electron chi connectivity index (χ4n) is 7.29. The normalized spacial score (nSPS) is 13.2. The van der Waals surface area contributed by atoms with E-state index in [0.717, 1.165) is 41.4 Å². The Hall–Kier alpha value is -6.90. The summed E-state index contributed by atoms with van der Waals surface area (Å²) >= 11 is 0. The van der Waals surface area contributed by atoms with Crippen LogP contribution in [0.4, 0.5) is 17.1 Å². The molecule has 2 N–H and O–H groups in total. The zero-order valence-corrected chi connectivity index (χ0v) is 35.1. The fourth-order valence-corrected chi connectivity index (χ4v) is 7.29. The molecule has 14 heteroatoms. The first kappa shape index (κ1) is 42.2. The molecular formula is C47H49N6O8+. The molecule has 1 aliphatic rings. The number of nitrogens with zero attached hydrogens (tertiary/aromatic N) is 4. The Kier molecular flexibility index (Phi) is 13.2. The van der Waals surface area contributed by atoms with E-state index < -0.39 is 11.8 Å². The number of methoxy groups -OCH3 is 3. The van der Waals surface area contributed by atoms with Gasteiger partial charge in [0.25, 0.3) is 11.8 Å². The van der Waals surface area contributed by atoms with Crippen molar-refractivity contribution in [1.82, 2.24) is 9.88 Å². The van der Waals surface area contributed by atoms with E-state index >= 15 is 0 Å². The molecule has 0 fully saturated rings. The molecule has 0 radical (unpaired) electrons. The Morgan fingerprint density at radius 3 is 2.34 bits per heavy atom. The number of hydrogen-bond donors (Lipinski definition) is 2. The van der Waals surface area contributed by atoms with Gasteiger partial charge in [-0.25, -0.2) is 0 Å². The molecule has 3 heterocycles. The number of aromatic nitrogens is 1. The number of benzene rings is 4. The molecule has 1 atom stereocenters. The van der Waals surface area contributed by atoms with Crippen LogP contribution in [0, 0.1) is 6.92 Å². The lowest BCUT2D eigenvalue weighted by atomic mass is 10.0. The molecule has 0 aliphatic carbocycles. The number of pyridine rings is 1. The third-order valence-electron chi connectivity index (χ3n) is 10.4. The van der Waals surface area contributed by atoms with Crippen molar-refractivity contribution < 1.29 is 37.7 Å². The maximum absolute atomic E-state index is 13.9. The van der Waals surface area contributed by atoms with Crippen LogP contribution in [0.2, 0.25) is 0 Å². The van der Waals surface area contributed by atoms with Crippen LogP contribution in [0.15, 0.2) is 112 Å². The topological polar surface area (TPSA) is 157 Å². The number of anilines is 2. The Morgan fingerprint density at radius 1 is 0.820 bits per heavy atom. The van der Waals surface area contributed by atoms with E-state index in [4.69, 9.17) is 23.4 Å². The number of hydrogen-bond acceptors (Lipinski definition) is 11. The first-order valence-electron chi connectivity index (χ1n) is 19.9. The van der Waals surface area contributed by atoms with Gasteiger partial charge in [0, 0.05) is 56.8 Å². The molecule has 1 aliphatic heterocycles. The summed E-state index contributed by atoms with van der Waals surface area (Å²) in [5.74, 6) is -0.159. The minimum atomic E-state index is -0.715. The van der Waals surface area contributed by atoms with E-state index in [1.807, 2.05) is 55.2 Å².